The summed E-state index contributed by atoms with van der Waals surface area (Å²) in [5.41, 5.74) is 4.03. The molecule has 5 nitrogen and oxygen atoms in total. The summed E-state index contributed by atoms with van der Waals surface area (Å²) in [6.07, 6.45) is 0. The molecule has 116 valence electrons. The number of hydrogen-bond donors (Lipinski definition) is 1. The number of rotatable bonds is 2. The van der Waals surface area contributed by atoms with Crippen molar-refractivity contribution in [3.63, 3.8) is 0 Å². The van der Waals surface area contributed by atoms with Crippen LogP contribution in [0.15, 0.2) is 35.3 Å². The van der Waals surface area contributed by atoms with Crippen LogP contribution in [-0.2, 0) is 0 Å². The third-order valence-electron chi connectivity index (χ3n) is 3.74. The fourth-order valence-electron chi connectivity index (χ4n) is 2.65. The normalized spacial score (nSPS) is 13.5. The smallest absolute Gasteiger partial charge is 0.259 e. The number of benzene rings is 1. The van der Waals surface area contributed by atoms with E-state index in [-0.39, 0.29) is 5.91 Å². The predicted octanol–water partition coefficient (Wildman–Crippen LogP) is 2.80. The van der Waals surface area contributed by atoms with Gasteiger partial charge in [0.25, 0.3) is 5.91 Å². The summed E-state index contributed by atoms with van der Waals surface area (Å²) < 4.78 is 2.01. The third kappa shape index (κ3) is 3.01. The number of thioether (sulfide) groups is 1. The van der Waals surface area contributed by atoms with Gasteiger partial charge in [0.05, 0.1) is 23.7 Å². The molecule has 2 aromatic rings. The first-order chi connectivity index (χ1) is 11.1. The van der Waals surface area contributed by atoms with E-state index in [9.17, 15) is 4.79 Å². The maximum atomic E-state index is 12.5. The molecule has 0 unspecified atom stereocenters. The Kier molecular flexibility index (Phi) is 4.22. The number of carbonyl (C=O) groups excluding carboxylic acids is 1. The number of amidine groups is 1. The van der Waals surface area contributed by atoms with Gasteiger partial charge in [-0.1, -0.05) is 11.8 Å². The molecule has 1 amide bonds. The van der Waals surface area contributed by atoms with Crippen LogP contribution in [0.25, 0.3) is 5.69 Å². The number of aromatic nitrogens is 1. The van der Waals surface area contributed by atoms with Crippen LogP contribution >= 0.6 is 11.8 Å². The summed E-state index contributed by atoms with van der Waals surface area (Å²) in [6.45, 7) is 4.64. The molecule has 0 bridgehead atoms. The van der Waals surface area contributed by atoms with E-state index in [1.54, 1.807) is 23.9 Å². The quantitative estimate of drug-likeness (QED) is 0.923. The van der Waals surface area contributed by atoms with E-state index in [2.05, 4.69) is 16.4 Å². The Labute approximate surface area is 139 Å². The van der Waals surface area contributed by atoms with E-state index in [1.165, 1.54) is 0 Å². The maximum absolute atomic E-state index is 12.5. The first kappa shape index (κ1) is 15.4. The molecule has 6 heteroatoms. The average molecular weight is 324 g/mol. The minimum absolute atomic E-state index is 0.133. The maximum Gasteiger partial charge on any atom is 0.259 e. The van der Waals surface area contributed by atoms with Crippen molar-refractivity contribution in [2.24, 2.45) is 4.99 Å². The van der Waals surface area contributed by atoms with Gasteiger partial charge in [0, 0.05) is 22.8 Å². The summed E-state index contributed by atoms with van der Waals surface area (Å²) in [5.74, 6) is 0.783. The molecule has 3 rings (SSSR count). The average Bonchev–Trinajstić information content (AvgIpc) is 3.15. The van der Waals surface area contributed by atoms with Gasteiger partial charge in [-0.15, -0.1) is 0 Å². The molecule has 0 fully saturated rings. The van der Waals surface area contributed by atoms with E-state index >= 15 is 0 Å². The molecule has 1 aromatic heterocycles. The molecular weight excluding hydrogens is 308 g/mol. The SMILES string of the molecule is Cc1cc(C(=O)NC2=NCCS2)c(C)n1-c1ccc(C#N)cc1. The first-order valence-corrected chi connectivity index (χ1v) is 8.27. The monoisotopic (exact) mass is 324 g/mol. The molecule has 0 saturated carbocycles. The number of nitriles is 1. The van der Waals surface area contributed by atoms with Gasteiger partial charge in [-0.3, -0.25) is 9.79 Å². The van der Waals surface area contributed by atoms with Crippen molar-refractivity contribution < 1.29 is 4.79 Å². The van der Waals surface area contributed by atoms with Gasteiger partial charge in [0.2, 0.25) is 0 Å². The predicted molar refractivity (Wildman–Crippen MR) is 92.2 cm³/mol. The molecule has 2 heterocycles. The molecule has 0 radical (unpaired) electrons. The zero-order valence-electron chi connectivity index (χ0n) is 13.0. The minimum Gasteiger partial charge on any atom is -0.318 e. The Hall–Kier alpha value is -2.52. The fraction of sp³-hybridized carbons (Fsp3) is 0.235. The van der Waals surface area contributed by atoms with Gasteiger partial charge in [0.1, 0.15) is 0 Å². The van der Waals surface area contributed by atoms with Crippen molar-refractivity contribution in [1.82, 2.24) is 9.88 Å². The van der Waals surface area contributed by atoms with Crippen LogP contribution in [0.3, 0.4) is 0 Å². The molecule has 0 saturated heterocycles. The molecule has 1 N–H and O–H groups in total. The second-order valence-corrected chi connectivity index (χ2v) is 6.35. The summed E-state index contributed by atoms with van der Waals surface area (Å²) in [5, 5.41) is 12.5. The van der Waals surface area contributed by atoms with Gasteiger partial charge in [0.15, 0.2) is 5.17 Å². The highest BCUT2D eigenvalue weighted by Crippen LogP contribution is 2.21. The molecule has 1 aromatic carbocycles. The molecule has 1 aliphatic heterocycles. The third-order valence-corrected chi connectivity index (χ3v) is 4.63. The number of nitrogens with one attached hydrogen (secondary N) is 1. The Morgan fingerprint density at radius 1 is 1.35 bits per heavy atom. The van der Waals surface area contributed by atoms with Crippen molar-refractivity contribution >= 4 is 22.8 Å². The van der Waals surface area contributed by atoms with Crippen molar-refractivity contribution in [2.45, 2.75) is 13.8 Å². The second-order valence-electron chi connectivity index (χ2n) is 5.27. The van der Waals surface area contributed by atoms with Gasteiger partial charge in [-0.05, 0) is 44.2 Å². The van der Waals surface area contributed by atoms with Gasteiger partial charge < -0.3 is 9.88 Å². The van der Waals surface area contributed by atoms with E-state index in [0.29, 0.717) is 16.3 Å². The Balaban J connectivity index is 1.92. The molecule has 23 heavy (non-hydrogen) atoms. The summed E-state index contributed by atoms with van der Waals surface area (Å²) >= 11 is 1.56. The summed E-state index contributed by atoms with van der Waals surface area (Å²) in [4.78, 5) is 16.7. The molecule has 0 atom stereocenters. The molecular formula is C17H16N4OS. The zero-order valence-corrected chi connectivity index (χ0v) is 13.8. The van der Waals surface area contributed by atoms with E-state index in [1.807, 2.05) is 36.6 Å². The number of aliphatic imine (C=N–C) groups is 1. The van der Waals surface area contributed by atoms with Crippen LogP contribution < -0.4 is 5.32 Å². The van der Waals surface area contributed by atoms with Crippen molar-refractivity contribution in [3.05, 3.63) is 52.8 Å². The minimum atomic E-state index is -0.133. The molecule has 0 spiro atoms. The highest BCUT2D eigenvalue weighted by atomic mass is 32.2. The Bertz CT molecular complexity index is 828. The van der Waals surface area contributed by atoms with Crippen molar-refractivity contribution in [2.75, 3.05) is 12.3 Å². The lowest BCUT2D eigenvalue weighted by molar-refractivity contribution is 0.0977. The van der Waals surface area contributed by atoms with Gasteiger partial charge in [-0.2, -0.15) is 5.26 Å². The van der Waals surface area contributed by atoms with E-state index < -0.39 is 0 Å². The number of nitrogens with zero attached hydrogens (tertiary/aromatic N) is 3. The van der Waals surface area contributed by atoms with Crippen LogP contribution in [0.4, 0.5) is 0 Å². The van der Waals surface area contributed by atoms with Crippen LogP contribution in [0.2, 0.25) is 0 Å². The van der Waals surface area contributed by atoms with Crippen molar-refractivity contribution in [1.29, 1.82) is 5.26 Å². The fourth-order valence-corrected chi connectivity index (χ4v) is 3.37. The lowest BCUT2D eigenvalue weighted by atomic mass is 10.2. The number of aryl methyl sites for hydroxylation is 1. The number of carbonyl (C=O) groups is 1. The first-order valence-electron chi connectivity index (χ1n) is 7.28. The molecule has 1 aliphatic rings. The van der Waals surface area contributed by atoms with E-state index in [4.69, 9.17) is 5.26 Å². The Morgan fingerprint density at radius 3 is 2.70 bits per heavy atom. The van der Waals surface area contributed by atoms with Gasteiger partial charge >= 0.3 is 0 Å². The summed E-state index contributed by atoms with van der Waals surface area (Å²) in [7, 11) is 0. The highest BCUT2D eigenvalue weighted by molar-refractivity contribution is 8.14. The largest absolute Gasteiger partial charge is 0.318 e. The number of amides is 1. The van der Waals surface area contributed by atoms with Crippen LogP contribution in [-0.4, -0.2) is 27.9 Å². The van der Waals surface area contributed by atoms with Gasteiger partial charge in [-0.25, -0.2) is 0 Å². The Morgan fingerprint density at radius 2 is 2.09 bits per heavy atom. The van der Waals surface area contributed by atoms with Crippen LogP contribution in [0.1, 0.15) is 27.3 Å². The van der Waals surface area contributed by atoms with Crippen LogP contribution in [0.5, 0.6) is 0 Å². The topological polar surface area (TPSA) is 70.2 Å². The lowest BCUT2D eigenvalue weighted by Crippen LogP contribution is -2.27. The highest BCUT2D eigenvalue weighted by Gasteiger charge is 2.19. The molecule has 0 aliphatic carbocycles. The van der Waals surface area contributed by atoms with Crippen molar-refractivity contribution in [3.8, 4) is 11.8 Å². The number of hydrogen-bond acceptors (Lipinski definition) is 4. The van der Waals surface area contributed by atoms with E-state index in [0.717, 1.165) is 29.4 Å². The summed E-state index contributed by atoms with van der Waals surface area (Å²) in [6, 6.07) is 11.3. The second kappa shape index (κ2) is 6.31. The zero-order chi connectivity index (χ0) is 16.4. The standard InChI is InChI=1S/C17H16N4OS/c1-11-9-15(16(22)20-17-19-7-8-23-17)12(2)21(11)14-5-3-13(10-18)4-6-14/h3-6,9H,7-8H2,1-2H3,(H,19,20,22). The van der Waals surface area contributed by atoms with Crippen LogP contribution in [0, 0.1) is 25.2 Å². The lowest BCUT2D eigenvalue weighted by Gasteiger charge is -2.10.